The van der Waals surface area contributed by atoms with Crippen LogP contribution in [0.4, 0.5) is 8.78 Å². The summed E-state index contributed by atoms with van der Waals surface area (Å²) in [5.74, 6) is 1.26. The molecular formula is C19H31F2IN4O2. The maximum atomic E-state index is 12.6. The van der Waals surface area contributed by atoms with Gasteiger partial charge in [0.1, 0.15) is 5.75 Å². The first kappa shape index (κ1) is 24.8. The van der Waals surface area contributed by atoms with E-state index in [1.54, 1.807) is 19.2 Å². The van der Waals surface area contributed by atoms with Crippen molar-refractivity contribution in [1.29, 1.82) is 0 Å². The first-order valence-corrected chi connectivity index (χ1v) is 9.27. The van der Waals surface area contributed by atoms with Crippen molar-refractivity contribution in [3.8, 4) is 5.75 Å². The van der Waals surface area contributed by atoms with Crippen LogP contribution < -0.4 is 15.4 Å². The van der Waals surface area contributed by atoms with Gasteiger partial charge in [0.05, 0.1) is 13.2 Å². The van der Waals surface area contributed by atoms with Crippen molar-refractivity contribution in [3.63, 3.8) is 0 Å². The van der Waals surface area contributed by atoms with E-state index in [-0.39, 0.29) is 29.7 Å². The Morgan fingerprint density at radius 2 is 2.00 bits per heavy atom. The van der Waals surface area contributed by atoms with Gasteiger partial charge in [-0.1, -0.05) is 24.6 Å². The Kier molecular flexibility index (Phi) is 11.6. The molecule has 0 aromatic heterocycles. The van der Waals surface area contributed by atoms with Crippen LogP contribution in [0, 0.1) is 12.8 Å². The van der Waals surface area contributed by atoms with Gasteiger partial charge in [-0.15, -0.1) is 24.0 Å². The molecule has 1 heterocycles. The molecule has 2 rings (SSSR count). The summed E-state index contributed by atoms with van der Waals surface area (Å²) >= 11 is 0. The average molecular weight is 512 g/mol. The van der Waals surface area contributed by atoms with Gasteiger partial charge in [-0.2, -0.15) is 8.78 Å². The standard InChI is InChI=1S/C19H30F2N4O2.HI/c1-14-4-5-17(27-18(20)21)16(10-14)12-24-19(22-3)23-11-15(2)13-25-6-8-26-9-7-25;/h4-5,10,15,18H,6-9,11-13H2,1-3H3,(H2,22,23,24);1H. The number of nitrogens with zero attached hydrogens (tertiary/aromatic N) is 2. The van der Waals surface area contributed by atoms with Crippen molar-refractivity contribution in [2.75, 3.05) is 46.4 Å². The van der Waals surface area contributed by atoms with Gasteiger partial charge in [-0.25, -0.2) is 0 Å². The van der Waals surface area contributed by atoms with Gasteiger partial charge in [-0.05, 0) is 18.9 Å². The molecule has 0 aliphatic carbocycles. The number of rotatable bonds is 8. The second-order valence-corrected chi connectivity index (χ2v) is 6.81. The van der Waals surface area contributed by atoms with Crippen LogP contribution >= 0.6 is 24.0 Å². The third kappa shape index (κ3) is 8.87. The van der Waals surface area contributed by atoms with Crippen LogP contribution in [-0.4, -0.2) is 63.9 Å². The van der Waals surface area contributed by atoms with Crippen molar-refractivity contribution < 1.29 is 18.3 Å². The molecular weight excluding hydrogens is 481 g/mol. The topological polar surface area (TPSA) is 58.1 Å². The summed E-state index contributed by atoms with van der Waals surface area (Å²) in [6.45, 7) is 6.90. The Hall–Kier alpha value is -1.20. The molecule has 1 aromatic carbocycles. The number of nitrogens with one attached hydrogen (secondary N) is 2. The van der Waals surface area contributed by atoms with E-state index >= 15 is 0 Å². The number of hydrogen-bond acceptors (Lipinski definition) is 4. The SMILES string of the molecule is CN=C(NCc1cc(C)ccc1OC(F)F)NCC(C)CN1CCOCC1.I. The first-order chi connectivity index (χ1) is 13.0. The van der Waals surface area contributed by atoms with E-state index in [2.05, 4.69) is 32.2 Å². The third-order valence-corrected chi connectivity index (χ3v) is 4.39. The lowest BCUT2D eigenvalue weighted by Gasteiger charge is -2.29. The fourth-order valence-corrected chi connectivity index (χ4v) is 3.02. The predicted molar refractivity (Wildman–Crippen MR) is 118 cm³/mol. The average Bonchev–Trinajstić information content (AvgIpc) is 2.64. The minimum absolute atomic E-state index is 0. The largest absolute Gasteiger partial charge is 0.434 e. The number of morpholine rings is 1. The van der Waals surface area contributed by atoms with E-state index in [9.17, 15) is 8.78 Å². The van der Waals surface area contributed by atoms with Crippen molar-refractivity contribution in [1.82, 2.24) is 15.5 Å². The number of guanidine groups is 1. The maximum Gasteiger partial charge on any atom is 0.387 e. The van der Waals surface area contributed by atoms with Crippen LogP contribution in [0.5, 0.6) is 5.75 Å². The zero-order chi connectivity index (χ0) is 19.6. The van der Waals surface area contributed by atoms with Crippen molar-refractivity contribution >= 4 is 29.9 Å². The zero-order valence-corrected chi connectivity index (χ0v) is 19.0. The summed E-state index contributed by atoms with van der Waals surface area (Å²) < 4.78 is 35.1. The number of aryl methyl sites for hydroxylation is 1. The third-order valence-electron chi connectivity index (χ3n) is 4.39. The van der Waals surface area contributed by atoms with Gasteiger partial charge in [-0.3, -0.25) is 9.89 Å². The number of hydrogen-bond donors (Lipinski definition) is 2. The fourth-order valence-electron chi connectivity index (χ4n) is 3.02. The van der Waals surface area contributed by atoms with Gasteiger partial charge in [0.2, 0.25) is 0 Å². The van der Waals surface area contributed by atoms with Gasteiger partial charge >= 0.3 is 6.61 Å². The lowest BCUT2D eigenvalue weighted by atomic mass is 10.1. The highest BCUT2D eigenvalue weighted by Crippen LogP contribution is 2.21. The Bertz CT molecular complexity index is 614. The summed E-state index contributed by atoms with van der Waals surface area (Å²) in [7, 11) is 1.69. The monoisotopic (exact) mass is 512 g/mol. The highest BCUT2D eigenvalue weighted by atomic mass is 127. The highest BCUT2D eigenvalue weighted by Gasteiger charge is 2.14. The van der Waals surface area contributed by atoms with E-state index in [0.29, 0.717) is 24.0 Å². The lowest BCUT2D eigenvalue weighted by Crippen LogP contribution is -2.43. The molecule has 0 saturated carbocycles. The quantitative estimate of drug-likeness (QED) is 0.319. The molecule has 0 bridgehead atoms. The molecule has 6 nitrogen and oxygen atoms in total. The van der Waals surface area contributed by atoms with Crippen LogP contribution in [0.1, 0.15) is 18.1 Å². The normalized spacial score (nSPS) is 16.4. The molecule has 9 heteroatoms. The van der Waals surface area contributed by atoms with Crippen LogP contribution in [0.2, 0.25) is 0 Å². The van der Waals surface area contributed by atoms with Gasteiger partial charge in [0, 0.05) is 45.3 Å². The minimum Gasteiger partial charge on any atom is -0.434 e. The molecule has 28 heavy (non-hydrogen) atoms. The molecule has 160 valence electrons. The second-order valence-electron chi connectivity index (χ2n) is 6.81. The summed E-state index contributed by atoms with van der Waals surface area (Å²) in [5.41, 5.74) is 1.65. The van der Waals surface area contributed by atoms with Crippen LogP contribution in [0.15, 0.2) is 23.2 Å². The van der Waals surface area contributed by atoms with Gasteiger partial charge < -0.3 is 20.1 Å². The summed E-state index contributed by atoms with van der Waals surface area (Å²) in [6.07, 6.45) is 0. The number of halogens is 3. The number of benzene rings is 1. The highest BCUT2D eigenvalue weighted by molar-refractivity contribution is 14.0. The Morgan fingerprint density at radius 1 is 1.29 bits per heavy atom. The smallest absolute Gasteiger partial charge is 0.387 e. The van der Waals surface area contributed by atoms with Crippen molar-refractivity contribution in [2.45, 2.75) is 27.0 Å². The molecule has 1 saturated heterocycles. The summed E-state index contributed by atoms with van der Waals surface area (Å²) in [5, 5.41) is 6.46. The molecule has 0 radical (unpaired) electrons. The van der Waals surface area contributed by atoms with Gasteiger partial charge in [0.25, 0.3) is 0 Å². The van der Waals surface area contributed by atoms with Crippen molar-refractivity contribution in [3.05, 3.63) is 29.3 Å². The van der Waals surface area contributed by atoms with Crippen LogP contribution in [0.3, 0.4) is 0 Å². The number of aliphatic imine (C=N–C) groups is 1. The fraction of sp³-hybridized carbons (Fsp3) is 0.632. The van der Waals surface area contributed by atoms with Crippen molar-refractivity contribution in [2.24, 2.45) is 10.9 Å². The van der Waals surface area contributed by atoms with Gasteiger partial charge in [0.15, 0.2) is 5.96 Å². The van der Waals surface area contributed by atoms with E-state index in [4.69, 9.17) is 4.74 Å². The predicted octanol–water partition coefficient (Wildman–Crippen LogP) is 2.85. The molecule has 1 aromatic rings. The molecule has 2 N–H and O–H groups in total. The Balaban J connectivity index is 0.00000392. The second kappa shape index (κ2) is 13.1. The van der Waals surface area contributed by atoms with Crippen LogP contribution in [0.25, 0.3) is 0 Å². The van der Waals surface area contributed by atoms with E-state index in [1.807, 2.05) is 13.0 Å². The van der Waals surface area contributed by atoms with E-state index in [0.717, 1.165) is 45.0 Å². The number of ether oxygens (including phenoxy) is 2. The Morgan fingerprint density at radius 3 is 2.64 bits per heavy atom. The van der Waals surface area contributed by atoms with E-state index in [1.165, 1.54) is 0 Å². The zero-order valence-electron chi connectivity index (χ0n) is 16.7. The summed E-state index contributed by atoms with van der Waals surface area (Å²) in [4.78, 5) is 6.60. The minimum atomic E-state index is -2.84. The van der Waals surface area contributed by atoms with Crippen LogP contribution in [-0.2, 0) is 11.3 Å². The molecule has 1 aliphatic heterocycles. The molecule has 1 unspecified atom stereocenters. The lowest BCUT2D eigenvalue weighted by molar-refractivity contribution is -0.0504. The molecule has 1 atom stereocenters. The summed E-state index contributed by atoms with van der Waals surface area (Å²) in [6, 6.07) is 5.15. The number of alkyl halides is 2. The molecule has 1 fully saturated rings. The maximum absolute atomic E-state index is 12.6. The van der Waals surface area contributed by atoms with E-state index < -0.39 is 6.61 Å². The molecule has 0 spiro atoms. The molecule has 0 amide bonds. The first-order valence-electron chi connectivity index (χ1n) is 9.27. The Labute approximate surface area is 183 Å². The molecule has 1 aliphatic rings.